The lowest BCUT2D eigenvalue weighted by atomic mass is 9.82. The quantitative estimate of drug-likeness (QED) is 0.711. The second-order valence-corrected chi connectivity index (χ2v) is 3.69. The lowest BCUT2D eigenvalue weighted by Gasteiger charge is -2.25. The summed E-state index contributed by atoms with van der Waals surface area (Å²) >= 11 is 0. The van der Waals surface area contributed by atoms with Gasteiger partial charge in [0.1, 0.15) is 0 Å². The Morgan fingerprint density at radius 2 is 1.62 bits per heavy atom. The first-order valence-electron chi connectivity index (χ1n) is 5.55. The minimum atomic E-state index is 0.183. The zero-order valence-corrected chi connectivity index (χ0v) is 9.05. The summed E-state index contributed by atoms with van der Waals surface area (Å²) in [5.74, 6) is 0. The molecule has 0 amide bonds. The van der Waals surface area contributed by atoms with E-state index in [1.165, 1.54) is 12.8 Å². The summed E-state index contributed by atoms with van der Waals surface area (Å²) in [5, 5.41) is 17.8. The summed E-state index contributed by atoms with van der Waals surface area (Å²) in [6.07, 6.45) is 6.67. The average molecular weight is 188 g/mol. The molecule has 13 heavy (non-hydrogen) atoms. The minimum absolute atomic E-state index is 0.183. The Morgan fingerprint density at radius 3 is 2.00 bits per heavy atom. The first-order chi connectivity index (χ1) is 6.33. The van der Waals surface area contributed by atoms with Crippen molar-refractivity contribution >= 4 is 0 Å². The molecule has 0 spiro atoms. The van der Waals surface area contributed by atoms with Gasteiger partial charge in [-0.1, -0.05) is 26.7 Å². The van der Waals surface area contributed by atoms with Crippen LogP contribution in [-0.2, 0) is 0 Å². The standard InChI is InChI=1S/C9H18O2.C2H6/c10-7-3-6-9(8-11)4-1-2-5-9;1-2/h10-11H,1-8H2;1-2H3. The Kier molecular flexibility index (Phi) is 7.29. The van der Waals surface area contributed by atoms with Gasteiger partial charge in [0.05, 0.1) is 0 Å². The molecule has 80 valence electrons. The fourth-order valence-corrected chi connectivity index (χ4v) is 2.07. The normalized spacial score (nSPS) is 19.4. The number of hydrogen-bond donors (Lipinski definition) is 2. The maximum Gasteiger partial charge on any atom is 0.0487 e. The number of hydrogen-bond acceptors (Lipinski definition) is 2. The monoisotopic (exact) mass is 188 g/mol. The maximum atomic E-state index is 9.16. The number of aliphatic hydroxyl groups is 2. The van der Waals surface area contributed by atoms with Crippen LogP contribution in [-0.4, -0.2) is 23.4 Å². The molecule has 0 aromatic carbocycles. The van der Waals surface area contributed by atoms with E-state index in [4.69, 9.17) is 10.2 Å². The van der Waals surface area contributed by atoms with Crippen LogP contribution >= 0.6 is 0 Å². The highest BCUT2D eigenvalue weighted by molar-refractivity contribution is 4.83. The number of rotatable bonds is 4. The summed E-state index contributed by atoms with van der Waals surface area (Å²) < 4.78 is 0. The van der Waals surface area contributed by atoms with Gasteiger partial charge in [0.15, 0.2) is 0 Å². The largest absolute Gasteiger partial charge is 0.396 e. The van der Waals surface area contributed by atoms with Gasteiger partial charge in [-0.15, -0.1) is 0 Å². The highest BCUT2D eigenvalue weighted by atomic mass is 16.3. The highest BCUT2D eigenvalue weighted by Crippen LogP contribution is 2.41. The van der Waals surface area contributed by atoms with Crippen molar-refractivity contribution < 1.29 is 10.2 Å². The summed E-state index contributed by atoms with van der Waals surface area (Å²) in [6.45, 7) is 4.58. The van der Waals surface area contributed by atoms with Crippen molar-refractivity contribution in [2.24, 2.45) is 5.41 Å². The average Bonchev–Trinajstić information content (AvgIpc) is 2.67. The maximum absolute atomic E-state index is 9.16. The Hall–Kier alpha value is -0.0800. The third kappa shape index (κ3) is 4.10. The van der Waals surface area contributed by atoms with Gasteiger partial charge in [-0.05, 0) is 31.1 Å². The molecule has 0 atom stereocenters. The van der Waals surface area contributed by atoms with Crippen LogP contribution in [0.4, 0.5) is 0 Å². The van der Waals surface area contributed by atoms with Crippen LogP contribution < -0.4 is 0 Å². The minimum Gasteiger partial charge on any atom is -0.396 e. The predicted molar refractivity (Wildman–Crippen MR) is 55.7 cm³/mol. The van der Waals surface area contributed by atoms with Gasteiger partial charge in [0, 0.05) is 13.2 Å². The van der Waals surface area contributed by atoms with E-state index in [9.17, 15) is 0 Å². The fraction of sp³-hybridized carbons (Fsp3) is 1.00. The Balaban J connectivity index is 0.000000671. The molecule has 0 bridgehead atoms. The number of aliphatic hydroxyl groups excluding tert-OH is 2. The summed E-state index contributed by atoms with van der Waals surface area (Å²) in [6, 6.07) is 0. The van der Waals surface area contributed by atoms with Gasteiger partial charge in [0.25, 0.3) is 0 Å². The molecule has 0 saturated heterocycles. The highest BCUT2D eigenvalue weighted by Gasteiger charge is 2.32. The van der Waals surface area contributed by atoms with Crippen molar-refractivity contribution in [3.63, 3.8) is 0 Å². The van der Waals surface area contributed by atoms with Crippen LogP contribution in [0.5, 0.6) is 0 Å². The summed E-state index contributed by atoms with van der Waals surface area (Å²) in [5.41, 5.74) is 0.183. The van der Waals surface area contributed by atoms with E-state index in [0.717, 1.165) is 25.7 Å². The van der Waals surface area contributed by atoms with E-state index >= 15 is 0 Å². The summed E-state index contributed by atoms with van der Waals surface area (Å²) in [4.78, 5) is 0. The molecule has 0 unspecified atom stereocenters. The first-order valence-corrected chi connectivity index (χ1v) is 5.55. The van der Waals surface area contributed by atoms with Gasteiger partial charge < -0.3 is 10.2 Å². The molecule has 0 aromatic heterocycles. The molecule has 0 aromatic rings. The second kappa shape index (κ2) is 7.34. The first kappa shape index (κ1) is 12.9. The zero-order valence-electron chi connectivity index (χ0n) is 9.05. The second-order valence-electron chi connectivity index (χ2n) is 3.69. The molecule has 1 aliphatic rings. The molecular formula is C11H24O2. The molecule has 1 fully saturated rings. The van der Waals surface area contributed by atoms with Gasteiger partial charge >= 0.3 is 0 Å². The van der Waals surface area contributed by atoms with Crippen LogP contribution in [0.25, 0.3) is 0 Å². The van der Waals surface area contributed by atoms with Gasteiger partial charge in [-0.2, -0.15) is 0 Å². The Labute approximate surface area is 82.0 Å². The molecule has 2 nitrogen and oxygen atoms in total. The van der Waals surface area contributed by atoms with Crippen molar-refractivity contribution in [3.05, 3.63) is 0 Å². The molecule has 1 rings (SSSR count). The molecule has 1 aliphatic carbocycles. The topological polar surface area (TPSA) is 40.5 Å². The van der Waals surface area contributed by atoms with Gasteiger partial charge in [0.2, 0.25) is 0 Å². The van der Waals surface area contributed by atoms with Crippen LogP contribution in [0.3, 0.4) is 0 Å². The van der Waals surface area contributed by atoms with Crippen LogP contribution in [0.1, 0.15) is 52.4 Å². The molecule has 0 aliphatic heterocycles. The fourth-order valence-electron chi connectivity index (χ4n) is 2.07. The van der Waals surface area contributed by atoms with Gasteiger partial charge in [-0.25, -0.2) is 0 Å². The predicted octanol–water partition coefficient (Wildman–Crippen LogP) is 2.34. The van der Waals surface area contributed by atoms with Crippen LogP contribution in [0, 0.1) is 5.41 Å². The Morgan fingerprint density at radius 1 is 1.08 bits per heavy atom. The van der Waals surface area contributed by atoms with Crippen LogP contribution in [0.15, 0.2) is 0 Å². The van der Waals surface area contributed by atoms with E-state index in [0.29, 0.717) is 6.61 Å². The Bertz CT molecular complexity index is 107. The van der Waals surface area contributed by atoms with E-state index in [-0.39, 0.29) is 12.0 Å². The van der Waals surface area contributed by atoms with Crippen molar-refractivity contribution in [3.8, 4) is 0 Å². The van der Waals surface area contributed by atoms with Crippen molar-refractivity contribution in [2.75, 3.05) is 13.2 Å². The third-order valence-corrected chi connectivity index (χ3v) is 2.86. The van der Waals surface area contributed by atoms with E-state index in [1.807, 2.05) is 13.8 Å². The molecular weight excluding hydrogens is 164 g/mol. The van der Waals surface area contributed by atoms with Crippen molar-refractivity contribution in [1.29, 1.82) is 0 Å². The molecule has 2 N–H and O–H groups in total. The SMILES string of the molecule is CC.OCCCC1(CO)CCCC1. The molecule has 2 heteroatoms. The molecule has 0 radical (unpaired) electrons. The lowest BCUT2D eigenvalue weighted by Crippen LogP contribution is -2.21. The molecule has 1 saturated carbocycles. The van der Waals surface area contributed by atoms with E-state index in [2.05, 4.69) is 0 Å². The van der Waals surface area contributed by atoms with Crippen molar-refractivity contribution in [2.45, 2.75) is 52.4 Å². The van der Waals surface area contributed by atoms with E-state index in [1.54, 1.807) is 0 Å². The van der Waals surface area contributed by atoms with Crippen molar-refractivity contribution in [1.82, 2.24) is 0 Å². The smallest absolute Gasteiger partial charge is 0.0487 e. The van der Waals surface area contributed by atoms with Crippen LogP contribution in [0.2, 0.25) is 0 Å². The molecule has 0 heterocycles. The summed E-state index contributed by atoms with van der Waals surface area (Å²) in [7, 11) is 0. The van der Waals surface area contributed by atoms with E-state index < -0.39 is 0 Å². The third-order valence-electron chi connectivity index (χ3n) is 2.86. The lowest BCUT2D eigenvalue weighted by molar-refractivity contribution is 0.110. The van der Waals surface area contributed by atoms with Gasteiger partial charge in [-0.3, -0.25) is 0 Å². The zero-order chi connectivity index (χ0) is 10.2.